The molecule has 1 heterocycles. The first-order chi connectivity index (χ1) is 8.74. The fourth-order valence-electron chi connectivity index (χ4n) is 3.34. The number of nitrogens with zero attached hydrogens (tertiary/aromatic N) is 2. The van der Waals surface area contributed by atoms with E-state index in [1.807, 2.05) is 0 Å². The van der Waals surface area contributed by atoms with Crippen LogP contribution in [-0.2, 0) is 12.8 Å². The highest BCUT2D eigenvalue weighted by Gasteiger charge is 2.24. The van der Waals surface area contributed by atoms with Crippen LogP contribution in [0.15, 0.2) is 0 Å². The van der Waals surface area contributed by atoms with Crippen molar-refractivity contribution in [1.82, 2.24) is 9.97 Å². The van der Waals surface area contributed by atoms with E-state index < -0.39 is 0 Å². The third-order valence-electron chi connectivity index (χ3n) is 4.61. The van der Waals surface area contributed by atoms with Gasteiger partial charge in [0, 0.05) is 17.2 Å². The second kappa shape index (κ2) is 4.87. The average Bonchev–Trinajstić information content (AvgIpc) is 2.39. The number of nitrogen functional groups attached to an aromatic ring is 1. The van der Waals surface area contributed by atoms with Crippen LogP contribution in [0.1, 0.15) is 68.4 Å². The molecule has 1 fully saturated rings. The van der Waals surface area contributed by atoms with Crippen LogP contribution in [0.3, 0.4) is 0 Å². The lowest BCUT2D eigenvalue weighted by Gasteiger charge is -2.26. The number of anilines is 1. The number of rotatable bonds is 1. The SMILES string of the molecule is CC1CCC(c2nc(N)c3c(n2)CCCC3)CC1. The second-order valence-electron chi connectivity index (χ2n) is 6.06. The van der Waals surface area contributed by atoms with Gasteiger partial charge in [-0.1, -0.05) is 19.8 Å². The molecule has 0 aromatic carbocycles. The number of aryl methyl sites for hydroxylation is 1. The van der Waals surface area contributed by atoms with E-state index in [4.69, 9.17) is 10.7 Å². The first-order valence-electron chi connectivity index (χ1n) is 7.39. The highest BCUT2D eigenvalue weighted by Crippen LogP contribution is 2.35. The van der Waals surface area contributed by atoms with E-state index in [1.165, 1.54) is 49.8 Å². The Morgan fingerprint density at radius 3 is 2.50 bits per heavy atom. The molecule has 0 bridgehead atoms. The van der Waals surface area contributed by atoms with Crippen molar-refractivity contribution in [2.45, 2.75) is 64.2 Å². The summed E-state index contributed by atoms with van der Waals surface area (Å²) in [5.41, 5.74) is 8.59. The van der Waals surface area contributed by atoms with Crippen LogP contribution in [0.2, 0.25) is 0 Å². The van der Waals surface area contributed by atoms with E-state index in [-0.39, 0.29) is 0 Å². The molecule has 0 aliphatic heterocycles. The fourth-order valence-corrected chi connectivity index (χ4v) is 3.34. The Balaban J connectivity index is 1.86. The van der Waals surface area contributed by atoms with Crippen LogP contribution < -0.4 is 5.73 Å². The quantitative estimate of drug-likeness (QED) is 0.826. The molecule has 0 amide bonds. The van der Waals surface area contributed by atoms with E-state index in [9.17, 15) is 0 Å². The summed E-state index contributed by atoms with van der Waals surface area (Å²) in [6.07, 6.45) is 9.75. The number of hydrogen-bond acceptors (Lipinski definition) is 3. The summed E-state index contributed by atoms with van der Waals surface area (Å²) in [7, 11) is 0. The van der Waals surface area contributed by atoms with Crippen LogP contribution in [0, 0.1) is 5.92 Å². The molecular formula is C15H23N3. The number of hydrogen-bond donors (Lipinski definition) is 1. The van der Waals surface area contributed by atoms with Gasteiger partial charge in [-0.3, -0.25) is 0 Å². The summed E-state index contributed by atoms with van der Waals surface area (Å²) in [5, 5.41) is 0. The molecular weight excluding hydrogens is 222 g/mol. The highest BCUT2D eigenvalue weighted by molar-refractivity contribution is 5.43. The molecule has 0 radical (unpaired) electrons. The summed E-state index contributed by atoms with van der Waals surface area (Å²) in [6, 6.07) is 0. The van der Waals surface area contributed by atoms with Gasteiger partial charge < -0.3 is 5.73 Å². The Labute approximate surface area is 109 Å². The van der Waals surface area contributed by atoms with Gasteiger partial charge in [0.25, 0.3) is 0 Å². The molecule has 2 aliphatic rings. The van der Waals surface area contributed by atoms with Gasteiger partial charge in [-0.25, -0.2) is 9.97 Å². The van der Waals surface area contributed by atoms with Gasteiger partial charge in [-0.2, -0.15) is 0 Å². The first-order valence-corrected chi connectivity index (χ1v) is 7.39. The standard InChI is InChI=1S/C15H23N3/c1-10-6-8-11(9-7-10)15-17-13-5-3-2-4-12(13)14(16)18-15/h10-11H,2-9H2,1H3,(H2,16,17,18). The Kier molecular flexibility index (Phi) is 3.23. The van der Waals surface area contributed by atoms with E-state index in [0.717, 1.165) is 30.4 Å². The Morgan fingerprint density at radius 2 is 1.72 bits per heavy atom. The predicted molar refractivity (Wildman–Crippen MR) is 73.5 cm³/mol. The first kappa shape index (κ1) is 11.9. The van der Waals surface area contributed by atoms with Crippen molar-refractivity contribution < 1.29 is 0 Å². The van der Waals surface area contributed by atoms with E-state index in [0.29, 0.717) is 5.92 Å². The lowest BCUT2D eigenvalue weighted by molar-refractivity contribution is 0.339. The smallest absolute Gasteiger partial charge is 0.134 e. The molecule has 1 aromatic rings. The number of fused-ring (bicyclic) bond motifs is 1. The minimum atomic E-state index is 0.552. The Morgan fingerprint density at radius 1 is 1.00 bits per heavy atom. The maximum absolute atomic E-state index is 6.13. The largest absolute Gasteiger partial charge is 0.383 e. The van der Waals surface area contributed by atoms with E-state index in [2.05, 4.69) is 11.9 Å². The van der Waals surface area contributed by atoms with Gasteiger partial charge in [-0.05, 0) is 44.4 Å². The number of nitrogens with two attached hydrogens (primary N) is 1. The molecule has 18 heavy (non-hydrogen) atoms. The van der Waals surface area contributed by atoms with E-state index in [1.54, 1.807) is 0 Å². The molecule has 2 aliphatic carbocycles. The molecule has 2 N–H and O–H groups in total. The van der Waals surface area contributed by atoms with E-state index >= 15 is 0 Å². The minimum Gasteiger partial charge on any atom is -0.383 e. The average molecular weight is 245 g/mol. The molecule has 0 spiro atoms. The third kappa shape index (κ3) is 2.23. The second-order valence-corrected chi connectivity index (χ2v) is 6.06. The molecule has 98 valence electrons. The summed E-state index contributed by atoms with van der Waals surface area (Å²) < 4.78 is 0. The third-order valence-corrected chi connectivity index (χ3v) is 4.61. The molecule has 1 saturated carbocycles. The summed E-state index contributed by atoms with van der Waals surface area (Å²) in [6.45, 7) is 2.35. The van der Waals surface area contributed by atoms with Gasteiger partial charge in [0.05, 0.1) is 0 Å². The van der Waals surface area contributed by atoms with Crippen molar-refractivity contribution in [2.75, 3.05) is 5.73 Å². The maximum atomic E-state index is 6.13. The van der Waals surface area contributed by atoms with Crippen LogP contribution in [0.25, 0.3) is 0 Å². The Hall–Kier alpha value is -1.12. The van der Waals surface area contributed by atoms with Crippen molar-refractivity contribution in [3.63, 3.8) is 0 Å². The van der Waals surface area contributed by atoms with Crippen LogP contribution in [0.5, 0.6) is 0 Å². The lowest BCUT2D eigenvalue weighted by Crippen LogP contribution is -2.18. The minimum absolute atomic E-state index is 0.552. The fraction of sp³-hybridized carbons (Fsp3) is 0.733. The molecule has 0 unspecified atom stereocenters. The maximum Gasteiger partial charge on any atom is 0.134 e. The molecule has 3 heteroatoms. The zero-order valence-electron chi connectivity index (χ0n) is 11.3. The zero-order chi connectivity index (χ0) is 12.5. The summed E-state index contributed by atoms with van der Waals surface area (Å²) >= 11 is 0. The van der Waals surface area contributed by atoms with Crippen LogP contribution in [0.4, 0.5) is 5.82 Å². The molecule has 0 atom stereocenters. The zero-order valence-corrected chi connectivity index (χ0v) is 11.3. The highest BCUT2D eigenvalue weighted by atomic mass is 15.0. The van der Waals surface area contributed by atoms with Gasteiger partial charge in [0.2, 0.25) is 0 Å². The molecule has 0 saturated heterocycles. The van der Waals surface area contributed by atoms with Gasteiger partial charge >= 0.3 is 0 Å². The van der Waals surface area contributed by atoms with Crippen molar-refractivity contribution in [3.8, 4) is 0 Å². The molecule has 3 nitrogen and oxygen atoms in total. The molecule has 1 aromatic heterocycles. The summed E-state index contributed by atoms with van der Waals surface area (Å²) in [4.78, 5) is 9.43. The van der Waals surface area contributed by atoms with Gasteiger partial charge in [0.15, 0.2) is 0 Å². The lowest BCUT2D eigenvalue weighted by atomic mass is 9.82. The topological polar surface area (TPSA) is 51.8 Å². The van der Waals surface area contributed by atoms with Crippen molar-refractivity contribution in [1.29, 1.82) is 0 Å². The monoisotopic (exact) mass is 245 g/mol. The van der Waals surface area contributed by atoms with Crippen LogP contribution in [-0.4, -0.2) is 9.97 Å². The van der Waals surface area contributed by atoms with Crippen LogP contribution >= 0.6 is 0 Å². The van der Waals surface area contributed by atoms with Crippen molar-refractivity contribution in [3.05, 3.63) is 17.1 Å². The summed E-state index contributed by atoms with van der Waals surface area (Å²) in [5.74, 6) is 3.21. The van der Waals surface area contributed by atoms with Crippen molar-refractivity contribution in [2.24, 2.45) is 5.92 Å². The van der Waals surface area contributed by atoms with Gasteiger partial charge in [0.1, 0.15) is 11.6 Å². The van der Waals surface area contributed by atoms with Crippen molar-refractivity contribution >= 4 is 5.82 Å². The predicted octanol–water partition coefficient (Wildman–Crippen LogP) is 3.23. The number of aromatic nitrogens is 2. The Bertz CT molecular complexity index is 434. The molecule has 3 rings (SSSR count). The van der Waals surface area contributed by atoms with Gasteiger partial charge in [-0.15, -0.1) is 0 Å². The normalized spacial score (nSPS) is 27.8.